The third kappa shape index (κ3) is 3.13. The van der Waals surface area contributed by atoms with Gasteiger partial charge < -0.3 is 14.4 Å². The van der Waals surface area contributed by atoms with Crippen LogP contribution in [0.25, 0.3) is 0 Å². The second kappa shape index (κ2) is 7.50. The van der Waals surface area contributed by atoms with Crippen molar-refractivity contribution in [2.24, 2.45) is 5.41 Å². The van der Waals surface area contributed by atoms with Crippen LogP contribution in [0.4, 0.5) is 5.69 Å². The molecule has 2 aliphatic rings. The average Bonchev–Trinajstić information content (AvgIpc) is 3.19. The molecule has 2 aromatic carbocycles. The van der Waals surface area contributed by atoms with Gasteiger partial charge in [0.15, 0.2) is 11.2 Å². The Labute approximate surface area is 179 Å². The van der Waals surface area contributed by atoms with E-state index in [2.05, 4.69) is 0 Å². The number of carbonyl (C=O) groups is 4. The normalized spacial score (nSPS) is 16.2. The molecule has 0 saturated carbocycles. The monoisotopic (exact) mass is 419 g/mol. The van der Waals surface area contributed by atoms with Crippen molar-refractivity contribution in [3.63, 3.8) is 0 Å². The van der Waals surface area contributed by atoms with E-state index in [0.29, 0.717) is 11.1 Å². The average molecular weight is 419 g/mol. The molecule has 4 rings (SSSR count). The first kappa shape index (κ1) is 20.5. The lowest BCUT2D eigenvalue weighted by Gasteiger charge is -2.25. The Kier molecular flexibility index (Phi) is 4.97. The van der Waals surface area contributed by atoms with Gasteiger partial charge >= 0.3 is 11.9 Å². The molecule has 0 radical (unpaired) electrons. The summed E-state index contributed by atoms with van der Waals surface area (Å²) in [6, 6.07) is 12.5. The van der Waals surface area contributed by atoms with Crippen molar-refractivity contribution in [3.8, 4) is 0 Å². The Balaban J connectivity index is 1.74. The Morgan fingerprint density at radius 3 is 2.00 bits per heavy atom. The maximum atomic E-state index is 13.3. The molecule has 0 bridgehead atoms. The molecule has 0 aliphatic heterocycles. The van der Waals surface area contributed by atoms with Crippen molar-refractivity contribution in [2.45, 2.75) is 12.8 Å². The van der Waals surface area contributed by atoms with Gasteiger partial charge in [0.2, 0.25) is 5.78 Å². The summed E-state index contributed by atoms with van der Waals surface area (Å²) in [6.07, 6.45) is 1.42. The minimum absolute atomic E-state index is 0.0456. The van der Waals surface area contributed by atoms with Crippen LogP contribution in [-0.2, 0) is 31.9 Å². The zero-order chi connectivity index (χ0) is 22.3. The molecule has 2 aromatic rings. The van der Waals surface area contributed by atoms with Gasteiger partial charge in [0.05, 0.1) is 19.9 Å². The fourth-order valence-electron chi connectivity index (χ4n) is 4.33. The number of carbonyl (C=O) groups excluding carboxylic acids is 4. The topological polar surface area (TPSA) is 90.0 Å². The van der Waals surface area contributed by atoms with E-state index in [1.54, 1.807) is 24.1 Å². The summed E-state index contributed by atoms with van der Waals surface area (Å²) < 4.78 is 9.73. The van der Waals surface area contributed by atoms with E-state index in [0.717, 1.165) is 5.69 Å². The highest BCUT2D eigenvalue weighted by atomic mass is 16.5. The van der Waals surface area contributed by atoms with E-state index in [9.17, 15) is 19.2 Å². The summed E-state index contributed by atoms with van der Waals surface area (Å²) in [5.74, 6) is -2.00. The van der Waals surface area contributed by atoms with E-state index in [-0.39, 0.29) is 41.2 Å². The van der Waals surface area contributed by atoms with E-state index in [1.807, 2.05) is 30.3 Å². The molecule has 0 amide bonds. The molecule has 0 N–H and O–H groups in total. The number of Topliss-reactive ketones (excluding diaryl/α,β-unsaturated/α-hetero) is 1. The molecule has 158 valence electrons. The molecule has 7 heteroatoms. The van der Waals surface area contributed by atoms with Gasteiger partial charge in [-0.1, -0.05) is 18.2 Å². The van der Waals surface area contributed by atoms with Crippen molar-refractivity contribution >= 4 is 29.2 Å². The molecule has 31 heavy (non-hydrogen) atoms. The van der Waals surface area contributed by atoms with Gasteiger partial charge in [0, 0.05) is 29.9 Å². The number of anilines is 1. The molecule has 2 aliphatic carbocycles. The van der Waals surface area contributed by atoms with Crippen molar-refractivity contribution < 1.29 is 28.7 Å². The molecule has 0 atom stereocenters. The van der Waals surface area contributed by atoms with Crippen molar-refractivity contribution in [1.82, 2.24) is 0 Å². The van der Waals surface area contributed by atoms with Crippen LogP contribution < -0.4 is 4.90 Å². The highest BCUT2D eigenvalue weighted by molar-refractivity contribution is 6.25. The van der Waals surface area contributed by atoms with E-state index < -0.39 is 17.4 Å². The van der Waals surface area contributed by atoms with Gasteiger partial charge in [-0.2, -0.15) is 0 Å². The molecular formula is C24H21NO6. The largest absolute Gasteiger partial charge is 0.468 e. The number of benzene rings is 2. The molecule has 7 nitrogen and oxygen atoms in total. The number of methoxy groups -OCH3 is 2. The van der Waals surface area contributed by atoms with Crippen LogP contribution in [0.5, 0.6) is 0 Å². The lowest BCUT2D eigenvalue weighted by atomic mass is 9.85. The number of nitrogens with zero attached hydrogens (tertiary/aromatic N) is 1. The lowest BCUT2D eigenvalue weighted by Crippen LogP contribution is -2.42. The Morgan fingerprint density at radius 1 is 0.903 bits per heavy atom. The summed E-state index contributed by atoms with van der Waals surface area (Å²) in [5.41, 5.74) is 1.35. The van der Waals surface area contributed by atoms with Gasteiger partial charge in [-0.3, -0.25) is 19.2 Å². The molecule has 0 heterocycles. The zero-order valence-corrected chi connectivity index (χ0v) is 17.4. The number of likely N-dealkylation sites (N-methyl/N-ethyl adjacent to an activating group) is 1. The number of allylic oxidation sites excluding steroid dienone is 2. The Morgan fingerprint density at radius 2 is 1.45 bits per heavy atom. The zero-order valence-electron chi connectivity index (χ0n) is 17.4. The van der Waals surface area contributed by atoms with Gasteiger partial charge in [-0.15, -0.1) is 0 Å². The van der Waals surface area contributed by atoms with Crippen LogP contribution in [0.15, 0.2) is 54.2 Å². The summed E-state index contributed by atoms with van der Waals surface area (Å²) in [7, 11) is 4.15. The third-order valence-electron chi connectivity index (χ3n) is 5.99. The maximum absolute atomic E-state index is 13.3. The Hall–Kier alpha value is -3.74. The van der Waals surface area contributed by atoms with Crippen molar-refractivity contribution in [1.29, 1.82) is 0 Å². The van der Waals surface area contributed by atoms with Crippen LogP contribution in [0, 0.1) is 5.41 Å². The number of ether oxygens (including phenoxy) is 2. The van der Waals surface area contributed by atoms with Crippen LogP contribution in [0.2, 0.25) is 0 Å². The van der Waals surface area contributed by atoms with Gasteiger partial charge in [-0.25, -0.2) is 0 Å². The molecule has 0 aromatic heterocycles. The predicted molar refractivity (Wildman–Crippen MR) is 112 cm³/mol. The molecule has 0 spiro atoms. The molecule has 0 fully saturated rings. The van der Waals surface area contributed by atoms with Crippen LogP contribution in [0.3, 0.4) is 0 Å². The van der Waals surface area contributed by atoms with Gasteiger partial charge in [0.25, 0.3) is 0 Å². The number of para-hydroxylation sites is 1. The Bertz CT molecular complexity index is 1130. The number of esters is 2. The minimum atomic E-state index is -1.51. The van der Waals surface area contributed by atoms with Crippen molar-refractivity contribution in [2.75, 3.05) is 26.2 Å². The van der Waals surface area contributed by atoms with E-state index in [1.165, 1.54) is 20.3 Å². The third-order valence-corrected chi connectivity index (χ3v) is 5.99. The predicted octanol–water partition coefficient (Wildman–Crippen LogP) is 2.52. The molecular weight excluding hydrogens is 398 g/mol. The summed E-state index contributed by atoms with van der Waals surface area (Å²) >= 11 is 0. The smallest absolute Gasteiger partial charge is 0.323 e. The number of ketones is 2. The highest BCUT2D eigenvalue weighted by Crippen LogP contribution is 2.41. The second-order valence-corrected chi connectivity index (χ2v) is 7.70. The SMILES string of the molecule is COC(=O)C1(C(=O)OC)Cc2cc3c(cc2C1)C(=O)C(N(C)c1ccccc1)=CC3=O. The number of hydrogen-bond acceptors (Lipinski definition) is 7. The van der Waals surface area contributed by atoms with E-state index in [4.69, 9.17) is 9.47 Å². The first-order valence-corrected chi connectivity index (χ1v) is 9.74. The standard InChI is InChI=1S/C24H21NO6/c1-25(16-7-5-4-6-8-16)19-11-20(26)17-9-14-12-24(22(28)30-2,23(29)31-3)13-15(14)10-18(17)21(19)27/h4-11H,12-13H2,1-3H3. The molecule has 0 unspecified atom stereocenters. The van der Waals surface area contributed by atoms with Gasteiger partial charge in [-0.05, 0) is 48.2 Å². The second-order valence-electron chi connectivity index (χ2n) is 7.70. The summed E-state index contributed by atoms with van der Waals surface area (Å²) in [5, 5.41) is 0. The summed E-state index contributed by atoms with van der Waals surface area (Å²) in [4.78, 5) is 52.8. The fourth-order valence-corrected chi connectivity index (χ4v) is 4.33. The number of hydrogen-bond donors (Lipinski definition) is 0. The first-order valence-electron chi connectivity index (χ1n) is 9.74. The fraction of sp³-hybridized carbons (Fsp3) is 0.250. The van der Waals surface area contributed by atoms with Crippen molar-refractivity contribution in [3.05, 3.63) is 76.5 Å². The highest BCUT2D eigenvalue weighted by Gasteiger charge is 2.53. The minimum Gasteiger partial charge on any atom is -0.468 e. The molecule has 0 saturated heterocycles. The quantitative estimate of drug-likeness (QED) is 0.556. The van der Waals surface area contributed by atoms with E-state index >= 15 is 0 Å². The number of rotatable bonds is 4. The lowest BCUT2D eigenvalue weighted by molar-refractivity contribution is -0.168. The van der Waals surface area contributed by atoms with Gasteiger partial charge in [0.1, 0.15) is 0 Å². The van der Waals surface area contributed by atoms with Crippen LogP contribution in [0.1, 0.15) is 31.8 Å². The maximum Gasteiger partial charge on any atom is 0.323 e. The van der Waals surface area contributed by atoms with Crippen LogP contribution in [-0.4, -0.2) is 44.8 Å². The number of fused-ring (bicyclic) bond motifs is 2. The summed E-state index contributed by atoms with van der Waals surface area (Å²) in [6.45, 7) is 0. The first-order chi connectivity index (χ1) is 14.8. The van der Waals surface area contributed by atoms with Crippen LogP contribution >= 0.6 is 0 Å².